The van der Waals surface area contributed by atoms with E-state index in [4.69, 9.17) is 11.6 Å². The van der Waals surface area contributed by atoms with Crippen LogP contribution in [0.3, 0.4) is 0 Å². The molecule has 1 heteroatoms. The molecule has 0 aliphatic carbocycles. The Morgan fingerprint density at radius 1 is 1.30 bits per heavy atom. The predicted molar refractivity (Wildman–Crippen MR) is 48.3 cm³/mol. The van der Waals surface area contributed by atoms with E-state index in [9.17, 15) is 0 Å². The molecule has 1 aromatic rings. The van der Waals surface area contributed by atoms with Crippen molar-refractivity contribution in [3.8, 4) is 0 Å². The van der Waals surface area contributed by atoms with E-state index in [0.29, 0.717) is 0 Å². The van der Waals surface area contributed by atoms with E-state index in [1.165, 1.54) is 0 Å². The second-order valence-electron chi connectivity index (χ2n) is 1.73. The summed E-state index contributed by atoms with van der Waals surface area (Å²) in [6.07, 6.45) is 1.74. The van der Waals surface area contributed by atoms with E-state index >= 15 is 0 Å². The molecule has 0 aliphatic heterocycles. The molecule has 0 saturated heterocycles. The summed E-state index contributed by atoms with van der Waals surface area (Å²) in [6, 6.07) is 7.60. The van der Waals surface area contributed by atoms with Gasteiger partial charge in [0.1, 0.15) is 0 Å². The van der Waals surface area contributed by atoms with E-state index in [1.807, 2.05) is 24.3 Å². The van der Waals surface area contributed by atoms with Crippen LogP contribution < -0.4 is 0 Å². The van der Waals surface area contributed by atoms with Crippen LogP contribution in [-0.2, 0) is 0 Å². The first-order chi connectivity index (χ1) is 4.34. The summed E-state index contributed by atoms with van der Waals surface area (Å²) in [5.74, 6) is 0. The molecule has 1 rings (SSSR count). The van der Waals surface area contributed by atoms with Crippen LogP contribution in [0.15, 0.2) is 30.8 Å². The van der Waals surface area contributed by atoms with Crippen molar-refractivity contribution in [1.29, 1.82) is 0 Å². The van der Waals surface area contributed by atoms with Crippen molar-refractivity contribution >= 4 is 17.7 Å². The summed E-state index contributed by atoms with van der Waals surface area (Å²) < 4.78 is 0. The molecule has 0 heterocycles. The second-order valence-corrected chi connectivity index (χ2v) is 2.13. The van der Waals surface area contributed by atoms with Gasteiger partial charge in [-0.15, -0.1) is 0 Å². The number of halogens is 1. The average molecular weight is 155 g/mol. The maximum absolute atomic E-state index is 5.75. The normalized spacial score (nSPS) is 8.10. The van der Waals surface area contributed by atoms with Gasteiger partial charge in [0.25, 0.3) is 0 Å². The van der Waals surface area contributed by atoms with Gasteiger partial charge in [-0.05, 0) is 11.6 Å². The number of hydrogen-bond donors (Lipinski definition) is 0. The number of benzene rings is 1. The minimum atomic E-state index is 0. The highest BCUT2D eigenvalue weighted by Gasteiger charge is 1.89. The summed E-state index contributed by atoms with van der Waals surface area (Å²) in [4.78, 5) is 0. The van der Waals surface area contributed by atoms with Crippen LogP contribution in [-0.4, -0.2) is 0 Å². The lowest BCUT2D eigenvalue weighted by Gasteiger charge is -1.92. The molecule has 0 atom stereocenters. The highest BCUT2D eigenvalue weighted by Crippen LogP contribution is 2.14. The lowest BCUT2D eigenvalue weighted by Crippen LogP contribution is -1.69. The molecule has 10 heavy (non-hydrogen) atoms. The van der Waals surface area contributed by atoms with Gasteiger partial charge in [0, 0.05) is 5.02 Å². The van der Waals surface area contributed by atoms with Gasteiger partial charge in [0.15, 0.2) is 0 Å². The first-order valence-corrected chi connectivity index (χ1v) is 3.09. The number of rotatable bonds is 1. The molecule has 0 N–H and O–H groups in total. The second kappa shape index (κ2) is 4.13. The Balaban J connectivity index is 0.000000810. The average Bonchev–Trinajstić information content (AvgIpc) is 1.89. The Morgan fingerprint density at radius 2 is 1.90 bits per heavy atom. The zero-order valence-corrected chi connectivity index (χ0v) is 5.73. The molecule has 0 saturated carbocycles. The Labute approximate surface area is 67.1 Å². The third-order valence-electron chi connectivity index (χ3n) is 1.13. The SMILES string of the molecule is C.C=Cc1ccccc1Cl. The first-order valence-electron chi connectivity index (χ1n) is 2.71. The Bertz CT molecular complexity index is 216. The molecular weight excluding hydrogens is 144 g/mol. The van der Waals surface area contributed by atoms with E-state index in [0.717, 1.165) is 10.6 Å². The van der Waals surface area contributed by atoms with Crippen LogP contribution in [0, 0.1) is 0 Å². The van der Waals surface area contributed by atoms with E-state index < -0.39 is 0 Å². The van der Waals surface area contributed by atoms with Crippen molar-refractivity contribution in [2.75, 3.05) is 0 Å². The lowest BCUT2D eigenvalue weighted by atomic mass is 10.2. The fourth-order valence-electron chi connectivity index (χ4n) is 0.641. The molecule has 0 aliphatic rings. The lowest BCUT2D eigenvalue weighted by molar-refractivity contribution is 1.66. The molecule has 0 bridgehead atoms. The van der Waals surface area contributed by atoms with Crippen molar-refractivity contribution in [2.24, 2.45) is 0 Å². The van der Waals surface area contributed by atoms with Crippen molar-refractivity contribution < 1.29 is 0 Å². The highest BCUT2D eigenvalue weighted by atomic mass is 35.5. The van der Waals surface area contributed by atoms with Gasteiger partial charge >= 0.3 is 0 Å². The van der Waals surface area contributed by atoms with E-state index in [1.54, 1.807) is 6.08 Å². The van der Waals surface area contributed by atoms with Gasteiger partial charge in [-0.2, -0.15) is 0 Å². The van der Waals surface area contributed by atoms with Gasteiger partial charge < -0.3 is 0 Å². The van der Waals surface area contributed by atoms with E-state index in [-0.39, 0.29) is 7.43 Å². The largest absolute Gasteiger partial charge is 0.0984 e. The summed E-state index contributed by atoms with van der Waals surface area (Å²) in [5, 5.41) is 0.757. The van der Waals surface area contributed by atoms with Crippen LogP contribution in [0.1, 0.15) is 13.0 Å². The standard InChI is InChI=1S/C8H7Cl.CH4/c1-2-7-5-3-4-6-8(7)9;/h2-6H,1H2;1H4. The molecule has 0 fully saturated rings. The molecule has 0 unspecified atom stereocenters. The summed E-state index contributed by atoms with van der Waals surface area (Å²) in [7, 11) is 0. The minimum Gasteiger partial charge on any atom is -0.0984 e. The fraction of sp³-hybridized carbons (Fsp3) is 0.111. The molecule has 0 spiro atoms. The van der Waals surface area contributed by atoms with Crippen LogP contribution >= 0.6 is 11.6 Å². The van der Waals surface area contributed by atoms with Crippen molar-refractivity contribution in [3.63, 3.8) is 0 Å². The predicted octanol–water partition coefficient (Wildman–Crippen LogP) is 3.62. The van der Waals surface area contributed by atoms with Gasteiger partial charge in [-0.3, -0.25) is 0 Å². The molecule has 0 nitrogen and oxygen atoms in total. The van der Waals surface area contributed by atoms with Crippen LogP contribution in [0.5, 0.6) is 0 Å². The van der Waals surface area contributed by atoms with Crippen LogP contribution in [0.2, 0.25) is 5.02 Å². The third-order valence-corrected chi connectivity index (χ3v) is 1.47. The van der Waals surface area contributed by atoms with Gasteiger partial charge in [0.05, 0.1) is 0 Å². The molecular formula is C9H11Cl. The molecule has 54 valence electrons. The topological polar surface area (TPSA) is 0 Å². The first kappa shape index (κ1) is 9.25. The summed E-state index contributed by atoms with van der Waals surface area (Å²) in [6.45, 7) is 3.61. The van der Waals surface area contributed by atoms with Crippen molar-refractivity contribution in [2.45, 2.75) is 7.43 Å². The molecule has 0 radical (unpaired) electrons. The fourth-order valence-corrected chi connectivity index (χ4v) is 0.854. The zero-order valence-electron chi connectivity index (χ0n) is 4.97. The minimum absolute atomic E-state index is 0. The van der Waals surface area contributed by atoms with Crippen molar-refractivity contribution in [3.05, 3.63) is 41.4 Å². The maximum Gasteiger partial charge on any atom is 0.0478 e. The summed E-state index contributed by atoms with van der Waals surface area (Å²) in [5.41, 5.74) is 0.985. The zero-order chi connectivity index (χ0) is 6.69. The number of hydrogen-bond acceptors (Lipinski definition) is 0. The molecule has 1 aromatic carbocycles. The molecule has 0 aromatic heterocycles. The summed E-state index contributed by atoms with van der Waals surface area (Å²) >= 11 is 5.75. The Kier molecular flexibility index (Phi) is 3.82. The van der Waals surface area contributed by atoms with Crippen LogP contribution in [0.4, 0.5) is 0 Å². The smallest absolute Gasteiger partial charge is 0.0478 e. The molecule has 0 amide bonds. The van der Waals surface area contributed by atoms with Gasteiger partial charge in [-0.1, -0.05) is 49.9 Å². The Hall–Kier alpha value is -0.750. The van der Waals surface area contributed by atoms with Crippen molar-refractivity contribution in [1.82, 2.24) is 0 Å². The maximum atomic E-state index is 5.75. The highest BCUT2D eigenvalue weighted by molar-refractivity contribution is 6.32. The monoisotopic (exact) mass is 154 g/mol. The Morgan fingerprint density at radius 3 is 2.30 bits per heavy atom. The van der Waals surface area contributed by atoms with Gasteiger partial charge in [0.2, 0.25) is 0 Å². The van der Waals surface area contributed by atoms with E-state index in [2.05, 4.69) is 6.58 Å². The van der Waals surface area contributed by atoms with Gasteiger partial charge in [-0.25, -0.2) is 0 Å². The van der Waals surface area contributed by atoms with Crippen LogP contribution in [0.25, 0.3) is 6.08 Å². The quantitative estimate of drug-likeness (QED) is 0.580. The third kappa shape index (κ3) is 1.89.